The summed E-state index contributed by atoms with van der Waals surface area (Å²) in [7, 11) is 0. The van der Waals surface area contributed by atoms with Crippen molar-refractivity contribution in [3.05, 3.63) is 28.8 Å². The summed E-state index contributed by atoms with van der Waals surface area (Å²) >= 11 is 0. The van der Waals surface area contributed by atoms with Crippen molar-refractivity contribution in [3.8, 4) is 5.75 Å². The fourth-order valence-electron chi connectivity index (χ4n) is 1.24. The molecule has 0 aliphatic heterocycles. The van der Waals surface area contributed by atoms with Crippen molar-refractivity contribution in [2.24, 2.45) is 0 Å². The van der Waals surface area contributed by atoms with Crippen molar-refractivity contribution < 1.29 is 23.4 Å². The van der Waals surface area contributed by atoms with Crippen LogP contribution in [0, 0.1) is 13.8 Å². The van der Waals surface area contributed by atoms with Gasteiger partial charge in [-0.25, -0.2) is 4.79 Å². The van der Waals surface area contributed by atoms with Gasteiger partial charge in [0.15, 0.2) is 0 Å². The molecular weight excluding hydrogens is 206 g/mol. The number of rotatable bonds is 3. The molecule has 0 unspecified atom stereocenters. The zero-order valence-electron chi connectivity index (χ0n) is 8.25. The first-order valence-corrected chi connectivity index (χ1v) is 4.21. The van der Waals surface area contributed by atoms with E-state index in [0.29, 0.717) is 11.1 Å². The smallest absolute Gasteiger partial charge is 0.387 e. The second kappa shape index (κ2) is 4.25. The van der Waals surface area contributed by atoms with E-state index < -0.39 is 12.6 Å². The van der Waals surface area contributed by atoms with Gasteiger partial charge in [0.25, 0.3) is 0 Å². The van der Waals surface area contributed by atoms with Gasteiger partial charge in [0.1, 0.15) is 5.75 Å². The van der Waals surface area contributed by atoms with E-state index >= 15 is 0 Å². The Morgan fingerprint density at radius 1 is 1.33 bits per heavy atom. The van der Waals surface area contributed by atoms with Crippen LogP contribution < -0.4 is 4.74 Å². The highest BCUT2D eigenvalue weighted by atomic mass is 19.3. The number of aromatic carboxylic acids is 1. The van der Waals surface area contributed by atoms with Crippen molar-refractivity contribution in [3.63, 3.8) is 0 Å². The molecule has 1 aromatic carbocycles. The lowest BCUT2D eigenvalue weighted by Gasteiger charge is -2.10. The Balaban J connectivity index is 3.13. The molecule has 0 heterocycles. The highest BCUT2D eigenvalue weighted by Gasteiger charge is 2.13. The Kier molecular flexibility index (Phi) is 3.24. The molecule has 5 heteroatoms. The SMILES string of the molecule is Cc1cc(C(=O)O)c(C)cc1OC(F)F. The maximum absolute atomic E-state index is 12.0. The molecule has 0 saturated carbocycles. The van der Waals surface area contributed by atoms with E-state index in [1.807, 2.05) is 0 Å². The summed E-state index contributed by atoms with van der Waals surface area (Å²) in [6.07, 6.45) is 0. The van der Waals surface area contributed by atoms with Crippen LogP contribution in [0.4, 0.5) is 8.78 Å². The molecule has 0 saturated heterocycles. The minimum absolute atomic E-state index is 0.00694. The van der Waals surface area contributed by atoms with Crippen LogP contribution >= 0.6 is 0 Å². The average molecular weight is 216 g/mol. The van der Waals surface area contributed by atoms with Crippen LogP contribution in [0.15, 0.2) is 12.1 Å². The van der Waals surface area contributed by atoms with Crippen LogP contribution in [0.2, 0.25) is 0 Å². The lowest BCUT2D eigenvalue weighted by atomic mass is 10.0. The van der Waals surface area contributed by atoms with E-state index in [1.54, 1.807) is 0 Å². The van der Waals surface area contributed by atoms with E-state index in [2.05, 4.69) is 4.74 Å². The first-order chi connectivity index (χ1) is 6.91. The Labute approximate surface area is 85.3 Å². The second-order valence-electron chi connectivity index (χ2n) is 3.12. The minimum Gasteiger partial charge on any atom is -0.478 e. The average Bonchev–Trinajstić information content (AvgIpc) is 2.09. The van der Waals surface area contributed by atoms with Gasteiger partial charge in [0.2, 0.25) is 0 Å². The van der Waals surface area contributed by atoms with Crippen molar-refractivity contribution in [2.45, 2.75) is 20.5 Å². The number of carboxylic acid groups (broad SMARTS) is 1. The molecule has 1 rings (SSSR count). The van der Waals surface area contributed by atoms with Crippen LogP contribution in [0.25, 0.3) is 0 Å². The number of halogens is 2. The summed E-state index contributed by atoms with van der Waals surface area (Å²) in [5.74, 6) is -1.08. The highest BCUT2D eigenvalue weighted by molar-refractivity contribution is 5.89. The van der Waals surface area contributed by atoms with E-state index in [1.165, 1.54) is 26.0 Å². The van der Waals surface area contributed by atoms with Gasteiger partial charge in [-0.2, -0.15) is 8.78 Å². The topological polar surface area (TPSA) is 46.5 Å². The largest absolute Gasteiger partial charge is 0.478 e. The summed E-state index contributed by atoms with van der Waals surface area (Å²) in [5, 5.41) is 8.77. The third-order valence-corrected chi connectivity index (χ3v) is 1.97. The Morgan fingerprint density at radius 3 is 2.40 bits per heavy atom. The van der Waals surface area contributed by atoms with Crippen LogP contribution in [0.1, 0.15) is 21.5 Å². The number of ether oxygens (including phenoxy) is 1. The molecule has 0 fully saturated rings. The Hall–Kier alpha value is -1.65. The van der Waals surface area contributed by atoms with Crippen LogP contribution in [-0.2, 0) is 0 Å². The van der Waals surface area contributed by atoms with Gasteiger partial charge >= 0.3 is 12.6 Å². The van der Waals surface area contributed by atoms with Gasteiger partial charge in [-0.15, -0.1) is 0 Å². The summed E-state index contributed by atoms with van der Waals surface area (Å²) in [6, 6.07) is 2.61. The van der Waals surface area contributed by atoms with Gasteiger partial charge in [0, 0.05) is 0 Å². The zero-order chi connectivity index (χ0) is 11.6. The molecule has 0 amide bonds. The van der Waals surface area contributed by atoms with Gasteiger partial charge < -0.3 is 9.84 Å². The maximum atomic E-state index is 12.0. The van der Waals surface area contributed by atoms with Gasteiger partial charge in [-0.3, -0.25) is 0 Å². The predicted octanol–water partition coefficient (Wildman–Crippen LogP) is 2.60. The van der Waals surface area contributed by atoms with Crippen LogP contribution in [-0.4, -0.2) is 17.7 Å². The summed E-state index contributed by atoms with van der Waals surface area (Å²) < 4.78 is 28.1. The van der Waals surface area contributed by atoms with Gasteiger partial charge in [0.05, 0.1) is 5.56 Å². The standard InChI is InChI=1S/C10H10F2O3/c1-5-4-8(15-10(11)12)6(2)3-7(5)9(13)14/h3-4,10H,1-2H3,(H,13,14). The number of aryl methyl sites for hydroxylation is 2. The van der Waals surface area contributed by atoms with Crippen molar-refractivity contribution in [1.82, 2.24) is 0 Å². The molecule has 0 aliphatic rings. The maximum Gasteiger partial charge on any atom is 0.387 e. The van der Waals surface area contributed by atoms with E-state index in [-0.39, 0.29) is 11.3 Å². The molecule has 0 aliphatic carbocycles. The number of carboxylic acids is 1. The minimum atomic E-state index is -2.90. The molecule has 0 atom stereocenters. The summed E-state index contributed by atoms with van der Waals surface area (Å²) in [6.45, 7) is 0.143. The first-order valence-electron chi connectivity index (χ1n) is 4.21. The van der Waals surface area contributed by atoms with Crippen molar-refractivity contribution >= 4 is 5.97 Å². The van der Waals surface area contributed by atoms with Crippen LogP contribution in [0.5, 0.6) is 5.75 Å². The molecule has 15 heavy (non-hydrogen) atoms. The monoisotopic (exact) mass is 216 g/mol. The van der Waals surface area contributed by atoms with E-state index in [4.69, 9.17) is 5.11 Å². The molecule has 0 aromatic heterocycles. The van der Waals surface area contributed by atoms with Crippen molar-refractivity contribution in [1.29, 1.82) is 0 Å². The number of hydrogen-bond donors (Lipinski definition) is 1. The fourth-order valence-corrected chi connectivity index (χ4v) is 1.24. The highest BCUT2D eigenvalue weighted by Crippen LogP contribution is 2.24. The molecule has 1 aromatic rings. The lowest BCUT2D eigenvalue weighted by Crippen LogP contribution is -2.06. The quantitative estimate of drug-likeness (QED) is 0.844. The third-order valence-electron chi connectivity index (χ3n) is 1.97. The molecule has 82 valence electrons. The molecule has 1 N–H and O–H groups in total. The lowest BCUT2D eigenvalue weighted by molar-refractivity contribution is -0.0503. The second-order valence-corrected chi connectivity index (χ2v) is 3.12. The van der Waals surface area contributed by atoms with E-state index in [0.717, 1.165) is 0 Å². The normalized spacial score (nSPS) is 10.5. The Bertz CT molecular complexity index is 388. The van der Waals surface area contributed by atoms with Gasteiger partial charge in [-0.05, 0) is 37.1 Å². The summed E-state index contributed by atoms with van der Waals surface area (Å²) in [4.78, 5) is 10.7. The van der Waals surface area contributed by atoms with E-state index in [9.17, 15) is 13.6 Å². The number of carbonyl (C=O) groups is 1. The molecule has 0 radical (unpaired) electrons. The van der Waals surface area contributed by atoms with Crippen LogP contribution in [0.3, 0.4) is 0 Å². The summed E-state index contributed by atoms with van der Waals surface area (Å²) in [5.41, 5.74) is 0.858. The number of alkyl halides is 2. The Morgan fingerprint density at radius 2 is 1.93 bits per heavy atom. The van der Waals surface area contributed by atoms with Crippen molar-refractivity contribution in [2.75, 3.05) is 0 Å². The van der Waals surface area contributed by atoms with Gasteiger partial charge in [-0.1, -0.05) is 0 Å². The zero-order valence-corrected chi connectivity index (χ0v) is 8.25. The number of hydrogen-bond acceptors (Lipinski definition) is 2. The molecule has 0 bridgehead atoms. The molecule has 3 nitrogen and oxygen atoms in total. The third kappa shape index (κ3) is 2.65. The first kappa shape index (κ1) is 11.4. The fraction of sp³-hybridized carbons (Fsp3) is 0.300. The molecular formula is C10H10F2O3. The molecule has 0 spiro atoms. The number of benzene rings is 1. The predicted molar refractivity (Wildman–Crippen MR) is 49.5 cm³/mol.